The first-order valence-electron chi connectivity index (χ1n) is 16.3. The fraction of sp³-hybridized carbons (Fsp3) is 0. The number of para-hydroxylation sites is 3. The molecule has 9 aromatic rings. The molecule has 0 saturated carbocycles. The van der Waals surface area contributed by atoms with E-state index < -0.39 is 0 Å². The lowest BCUT2D eigenvalue weighted by Gasteiger charge is -2.19. The summed E-state index contributed by atoms with van der Waals surface area (Å²) in [5, 5.41) is 34.8. The van der Waals surface area contributed by atoms with Crippen LogP contribution in [0.15, 0.2) is 152 Å². The lowest BCUT2D eigenvalue weighted by molar-refractivity contribution is 1.17. The summed E-state index contributed by atoms with van der Waals surface area (Å²) in [6, 6.07) is 57.8. The quantitative estimate of drug-likeness (QED) is 0.193. The van der Waals surface area contributed by atoms with Crippen LogP contribution in [0.25, 0.3) is 77.2 Å². The van der Waals surface area contributed by atoms with Gasteiger partial charge in [-0.15, -0.1) is 0 Å². The Kier molecular flexibility index (Phi) is 6.56. The van der Waals surface area contributed by atoms with Crippen molar-refractivity contribution in [1.82, 2.24) is 9.13 Å². The van der Waals surface area contributed by atoms with E-state index >= 15 is 0 Å². The maximum atomic E-state index is 10.6. The molecule has 2 heterocycles. The standard InChI is InChI=1S/C45H25N5/c46-26-29-20-21-43-39(23-29)37-15-5-8-19-42(37)50(43)44-24-30(27-47)22-32(28-48)45(44)38-16-2-1-12-34(38)31-10-9-11-33(25-31)49-40-17-6-3-13-35(40)36-14-4-7-18-41(36)49/h1-25H. The third-order valence-electron chi connectivity index (χ3n) is 9.60. The molecule has 50 heavy (non-hydrogen) atoms. The van der Waals surface area contributed by atoms with Crippen molar-refractivity contribution in [3.8, 4) is 51.8 Å². The fourth-order valence-corrected chi connectivity index (χ4v) is 7.51. The smallest absolute Gasteiger partial charge is 0.0999 e. The lowest BCUT2D eigenvalue weighted by Crippen LogP contribution is -2.02. The first-order valence-corrected chi connectivity index (χ1v) is 16.3. The van der Waals surface area contributed by atoms with Gasteiger partial charge in [0.2, 0.25) is 0 Å². The Hall–Kier alpha value is -7.39. The molecule has 230 valence electrons. The first-order chi connectivity index (χ1) is 24.7. The summed E-state index contributed by atoms with van der Waals surface area (Å²) < 4.78 is 4.42. The summed E-state index contributed by atoms with van der Waals surface area (Å²) in [7, 11) is 0. The van der Waals surface area contributed by atoms with E-state index in [1.54, 1.807) is 6.07 Å². The molecule has 5 heteroatoms. The molecule has 7 aromatic carbocycles. The molecular weight excluding hydrogens is 611 g/mol. The van der Waals surface area contributed by atoms with Crippen LogP contribution < -0.4 is 0 Å². The van der Waals surface area contributed by atoms with E-state index in [4.69, 9.17) is 0 Å². The number of aromatic nitrogens is 2. The van der Waals surface area contributed by atoms with Gasteiger partial charge in [0.25, 0.3) is 0 Å². The summed E-state index contributed by atoms with van der Waals surface area (Å²) in [5.41, 5.74) is 10.8. The monoisotopic (exact) mass is 635 g/mol. The number of nitrogens with zero attached hydrogens (tertiary/aromatic N) is 5. The van der Waals surface area contributed by atoms with Gasteiger partial charge in [0.1, 0.15) is 0 Å². The van der Waals surface area contributed by atoms with Crippen LogP contribution >= 0.6 is 0 Å². The van der Waals surface area contributed by atoms with Gasteiger partial charge in [-0.25, -0.2) is 0 Å². The third-order valence-corrected chi connectivity index (χ3v) is 9.60. The summed E-state index contributed by atoms with van der Waals surface area (Å²) >= 11 is 0. The zero-order valence-corrected chi connectivity index (χ0v) is 26.7. The largest absolute Gasteiger partial charge is 0.309 e. The predicted octanol–water partition coefficient (Wildman–Crippen LogP) is 10.8. The first kappa shape index (κ1) is 28.8. The zero-order valence-electron chi connectivity index (χ0n) is 26.7. The second-order valence-corrected chi connectivity index (χ2v) is 12.3. The van der Waals surface area contributed by atoms with E-state index in [1.807, 2.05) is 60.7 Å². The number of rotatable bonds is 4. The van der Waals surface area contributed by atoms with Gasteiger partial charge in [0.15, 0.2) is 0 Å². The number of nitriles is 3. The van der Waals surface area contributed by atoms with E-state index in [0.717, 1.165) is 66.5 Å². The van der Waals surface area contributed by atoms with Gasteiger partial charge < -0.3 is 9.13 Å². The van der Waals surface area contributed by atoms with Crippen LogP contribution in [0.2, 0.25) is 0 Å². The van der Waals surface area contributed by atoms with Crippen LogP contribution in [0, 0.1) is 34.0 Å². The number of hydrogen-bond donors (Lipinski definition) is 0. The van der Waals surface area contributed by atoms with Gasteiger partial charge in [0.05, 0.1) is 62.7 Å². The Bertz CT molecular complexity index is 2920. The van der Waals surface area contributed by atoms with Gasteiger partial charge >= 0.3 is 0 Å². The van der Waals surface area contributed by atoms with E-state index in [1.165, 1.54) is 10.8 Å². The second-order valence-electron chi connectivity index (χ2n) is 12.3. The highest BCUT2D eigenvalue weighted by atomic mass is 15.0. The SMILES string of the molecule is N#Cc1cc(C#N)c(-c2ccccc2-c2cccc(-n3c4ccccc4c4ccccc43)c2)c(-n2c3ccccc3c3cc(C#N)ccc32)c1. The van der Waals surface area contributed by atoms with Crippen molar-refractivity contribution in [1.29, 1.82) is 15.8 Å². The van der Waals surface area contributed by atoms with E-state index in [0.29, 0.717) is 16.7 Å². The highest BCUT2D eigenvalue weighted by Crippen LogP contribution is 2.42. The Morgan fingerprint density at radius 1 is 0.400 bits per heavy atom. The molecule has 0 aliphatic rings. The minimum absolute atomic E-state index is 0.394. The Morgan fingerprint density at radius 2 is 0.980 bits per heavy atom. The summed E-state index contributed by atoms with van der Waals surface area (Å²) in [6.07, 6.45) is 0. The van der Waals surface area contributed by atoms with Crippen molar-refractivity contribution in [2.24, 2.45) is 0 Å². The van der Waals surface area contributed by atoms with Gasteiger partial charge in [-0.2, -0.15) is 15.8 Å². The highest BCUT2D eigenvalue weighted by Gasteiger charge is 2.22. The maximum absolute atomic E-state index is 10.6. The zero-order chi connectivity index (χ0) is 33.8. The minimum Gasteiger partial charge on any atom is -0.309 e. The normalized spacial score (nSPS) is 11.1. The van der Waals surface area contributed by atoms with E-state index in [-0.39, 0.29) is 0 Å². The predicted molar refractivity (Wildman–Crippen MR) is 200 cm³/mol. The van der Waals surface area contributed by atoms with Gasteiger partial charge in [0, 0.05) is 32.8 Å². The van der Waals surface area contributed by atoms with Crippen molar-refractivity contribution in [2.45, 2.75) is 0 Å². The second kappa shape index (κ2) is 11.4. The highest BCUT2D eigenvalue weighted by molar-refractivity contribution is 6.11. The molecule has 0 saturated heterocycles. The fourth-order valence-electron chi connectivity index (χ4n) is 7.51. The summed E-state index contributed by atoms with van der Waals surface area (Å²) in [6.45, 7) is 0. The van der Waals surface area contributed by atoms with E-state index in [9.17, 15) is 15.8 Å². The van der Waals surface area contributed by atoms with Crippen LogP contribution in [0.4, 0.5) is 0 Å². The average molecular weight is 636 g/mol. The van der Waals surface area contributed by atoms with Crippen LogP contribution in [0.3, 0.4) is 0 Å². The number of benzene rings is 7. The minimum atomic E-state index is 0.394. The molecule has 2 aromatic heterocycles. The Morgan fingerprint density at radius 3 is 1.64 bits per heavy atom. The van der Waals surface area contributed by atoms with Crippen molar-refractivity contribution < 1.29 is 0 Å². The lowest BCUT2D eigenvalue weighted by atomic mass is 9.89. The van der Waals surface area contributed by atoms with Crippen molar-refractivity contribution in [2.75, 3.05) is 0 Å². The molecular formula is C45H25N5. The molecule has 0 aliphatic heterocycles. The molecule has 5 nitrogen and oxygen atoms in total. The Labute approximate surface area is 287 Å². The van der Waals surface area contributed by atoms with Crippen LogP contribution in [0.1, 0.15) is 16.7 Å². The topological polar surface area (TPSA) is 81.2 Å². The van der Waals surface area contributed by atoms with Gasteiger partial charge in [-0.05, 0) is 77.4 Å². The van der Waals surface area contributed by atoms with E-state index in [2.05, 4.69) is 112 Å². The molecule has 0 atom stereocenters. The molecule has 0 N–H and O–H groups in total. The Balaban J connectivity index is 1.32. The molecule has 9 rings (SSSR count). The average Bonchev–Trinajstić information content (AvgIpc) is 3.70. The molecule has 0 radical (unpaired) electrons. The maximum Gasteiger partial charge on any atom is 0.0999 e. The molecule has 0 amide bonds. The van der Waals surface area contributed by atoms with Crippen molar-refractivity contribution >= 4 is 43.6 Å². The van der Waals surface area contributed by atoms with Gasteiger partial charge in [-0.1, -0.05) is 91.0 Å². The molecule has 0 unspecified atom stereocenters. The van der Waals surface area contributed by atoms with Crippen LogP contribution in [0.5, 0.6) is 0 Å². The van der Waals surface area contributed by atoms with Crippen molar-refractivity contribution in [3.05, 3.63) is 168 Å². The van der Waals surface area contributed by atoms with Crippen LogP contribution in [-0.2, 0) is 0 Å². The molecule has 0 spiro atoms. The third kappa shape index (κ3) is 4.31. The number of hydrogen-bond acceptors (Lipinski definition) is 3. The van der Waals surface area contributed by atoms with Crippen molar-refractivity contribution in [3.63, 3.8) is 0 Å². The van der Waals surface area contributed by atoms with Gasteiger partial charge in [-0.3, -0.25) is 0 Å². The molecule has 0 bridgehead atoms. The number of fused-ring (bicyclic) bond motifs is 6. The summed E-state index contributed by atoms with van der Waals surface area (Å²) in [4.78, 5) is 0. The van der Waals surface area contributed by atoms with Crippen LogP contribution in [-0.4, -0.2) is 9.13 Å². The summed E-state index contributed by atoms with van der Waals surface area (Å²) in [5.74, 6) is 0. The molecule has 0 aliphatic carbocycles. The molecule has 0 fully saturated rings.